The SMILES string of the molecule is CC(C)C[C@@H]1NC(=O)c2cc([N+](=O)[O-])ccc2NCCC[C@@H](C(N)=O)NC(=O)[C@H](C(C)O)NC1=O. The first-order valence-electron chi connectivity index (χ1n) is 11.3. The minimum absolute atomic E-state index is 0.0386. The van der Waals surface area contributed by atoms with Crippen LogP contribution in [-0.2, 0) is 14.4 Å². The van der Waals surface area contributed by atoms with Crippen LogP contribution in [0.4, 0.5) is 11.4 Å². The zero-order chi connectivity index (χ0) is 26.3. The Bertz CT molecular complexity index is 981. The first-order valence-corrected chi connectivity index (χ1v) is 11.3. The monoisotopic (exact) mass is 492 g/mol. The number of nitrogens with one attached hydrogen (secondary N) is 4. The maximum absolute atomic E-state index is 13.1. The number of amides is 4. The van der Waals surface area contributed by atoms with Crippen molar-refractivity contribution in [3.05, 3.63) is 33.9 Å². The fraction of sp³-hybridized carbons (Fsp3) is 0.545. The summed E-state index contributed by atoms with van der Waals surface area (Å²) in [5.41, 5.74) is 5.37. The van der Waals surface area contributed by atoms with Crippen molar-refractivity contribution >= 4 is 35.0 Å². The molecule has 7 N–H and O–H groups in total. The van der Waals surface area contributed by atoms with E-state index in [1.165, 1.54) is 19.1 Å². The lowest BCUT2D eigenvalue weighted by molar-refractivity contribution is -0.384. The molecule has 1 unspecified atom stereocenters. The normalized spacial score (nSPS) is 22.9. The van der Waals surface area contributed by atoms with Crippen molar-refractivity contribution in [2.24, 2.45) is 11.7 Å². The van der Waals surface area contributed by atoms with Crippen molar-refractivity contribution in [2.45, 2.75) is 64.3 Å². The Labute approximate surface area is 202 Å². The van der Waals surface area contributed by atoms with Crippen molar-refractivity contribution in [3.8, 4) is 0 Å². The Hall–Kier alpha value is -3.74. The summed E-state index contributed by atoms with van der Waals surface area (Å²) in [6, 6.07) is 0.157. The summed E-state index contributed by atoms with van der Waals surface area (Å²) in [4.78, 5) is 61.5. The second kappa shape index (κ2) is 12.1. The van der Waals surface area contributed by atoms with E-state index >= 15 is 0 Å². The van der Waals surface area contributed by atoms with E-state index in [2.05, 4.69) is 21.3 Å². The van der Waals surface area contributed by atoms with Gasteiger partial charge in [0, 0.05) is 24.4 Å². The third-order valence-electron chi connectivity index (χ3n) is 5.50. The van der Waals surface area contributed by atoms with Crippen LogP contribution in [0.2, 0.25) is 0 Å². The van der Waals surface area contributed by atoms with E-state index in [9.17, 15) is 34.4 Å². The largest absolute Gasteiger partial charge is 0.391 e. The first-order chi connectivity index (χ1) is 16.4. The van der Waals surface area contributed by atoms with E-state index in [0.29, 0.717) is 12.1 Å². The van der Waals surface area contributed by atoms with E-state index in [0.717, 1.165) is 6.07 Å². The number of benzene rings is 1. The molecule has 1 aromatic carbocycles. The Morgan fingerprint density at radius 1 is 1.17 bits per heavy atom. The van der Waals surface area contributed by atoms with Crippen LogP contribution in [0.25, 0.3) is 0 Å². The number of primary amides is 1. The molecule has 35 heavy (non-hydrogen) atoms. The number of carbonyl (C=O) groups excluding carboxylic acids is 4. The molecule has 1 heterocycles. The molecular formula is C22H32N6O7. The Morgan fingerprint density at radius 3 is 2.43 bits per heavy atom. The highest BCUT2D eigenvalue weighted by Gasteiger charge is 2.32. The van der Waals surface area contributed by atoms with E-state index < -0.39 is 52.8 Å². The van der Waals surface area contributed by atoms with Crippen LogP contribution in [0.5, 0.6) is 0 Å². The van der Waals surface area contributed by atoms with Gasteiger partial charge in [-0.25, -0.2) is 0 Å². The van der Waals surface area contributed by atoms with Gasteiger partial charge in [0.05, 0.1) is 16.6 Å². The highest BCUT2D eigenvalue weighted by Crippen LogP contribution is 2.23. The standard InChI is InChI=1S/C22H32N6O7/c1-11(2)9-17-21(32)27-18(12(3)29)22(33)25-16(19(23)30)5-4-8-24-15-7-6-13(28(34)35)10-14(15)20(31)26-17/h6-7,10-12,16-18,24,29H,4-5,8-9H2,1-3H3,(H2,23,30)(H,25,33)(H,26,31)(H,27,32)/t12?,16-,17-,18-/m0/s1. The average Bonchev–Trinajstić information content (AvgIpc) is 2.77. The number of nitrogens with zero attached hydrogens (tertiary/aromatic N) is 1. The van der Waals surface area contributed by atoms with Crippen molar-refractivity contribution < 1.29 is 29.2 Å². The molecule has 0 radical (unpaired) electrons. The molecule has 1 aliphatic rings. The molecule has 1 aromatic rings. The number of nitrogens with two attached hydrogens (primary N) is 1. The van der Waals surface area contributed by atoms with Gasteiger partial charge in [-0.1, -0.05) is 13.8 Å². The number of carbonyl (C=O) groups is 4. The lowest BCUT2D eigenvalue weighted by atomic mass is 10.0. The van der Waals surface area contributed by atoms with Gasteiger partial charge in [0.15, 0.2) is 0 Å². The van der Waals surface area contributed by atoms with Gasteiger partial charge in [0.25, 0.3) is 11.6 Å². The van der Waals surface area contributed by atoms with E-state index in [1.807, 2.05) is 13.8 Å². The smallest absolute Gasteiger partial charge is 0.270 e. The first kappa shape index (κ1) is 27.5. The minimum Gasteiger partial charge on any atom is -0.391 e. The van der Waals surface area contributed by atoms with Gasteiger partial charge in [-0.15, -0.1) is 0 Å². The predicted molar refractivity (Wildman–Crippen MR) is 126 cm³/mol. The van der Waals surface area contributed by atoms with Gasteiger partial charge in [0.2, 0.25) is 17.7 Å². The van der Waals surface area contributed by atoms with Crippen LogP contribution >= 0.6 is 0 Å². The molecule has 2 rings (SSSR count). The highest BCUT2D eigenvalue weighted by atomic mass is 16.6. The van der Waals surface area contributed by atoms with Crippen LogP contribution < -0.4 is 27.0 Å². The van der Waals surface area contributed by atoms with Crippen LogP contribution in [0, 0.1) is 16.0 Å². The maximum Gasteiger partial charge on any atom is 0.270 e. The zero-order valence-electron chi connectivity index (χ0n) is 19.9. The molecule has 4 atom stereocenters. The number of non-ortho nitro benzene ring substituents is 1. The average molecular weight is 493 g/mol. The Kier molecular flexibility index (Phi) is 9.51. The summed E-state index contributed by atoms with van der Waals surface area (Å²) in [5, 5.41) is 31.9. The van der Waals surface area contributed by atoms with E-state index in [-0.39, 0.29) is 36.6 Å². The number of aliphatic hydroxyl groups excluding tert-OH is 1. The molecule has 0 bridgehead atoms. The third kappa shape index (κ3) is 7.64. The van der Waals surface area contributed by atoms with Crippen molar-refractivity contribution in [1.29, 1.82) is 0 Å². The highest BCUT2D eigenvalue weighted by molar-refractivity contribution is 6.03. The van der Waals surface area contributed by atoms with Gasteiger partial charge in [-0.05, 0) is 38.2 Å². The summed E-state index contributed by atoms with van der Waals surface area (Å²) in [5.74, 6) is -3.09. The zero-order valence-corrected chi connectivity index (χ0v) is 19.9. The fourth-order valence-electron chi connectivity index (χ4n) is 3.66. The molecule has 0 saturated carbocycles. The second-order valence-electron chi connectivity index (χ2n) is 8.90. The van der Waals surface area contributed by atoms with Gasteiger partial charge in [0.1, 0.15) is 18.1 Å². The summed E-state index contributed by atoms with van der Waals surface area (Å²) < 4.78 is 0. The predicted octanol–water partition coefficient (Wildman–Crippen LogP) is -0.219. The van der Waals surface area contributed by atoms with Crippen molar-refractivity contribution in [1.82, 2.24) is 16.0 Å². The lowest BCUT2D eigenvalue weighted by Crippen LogP contribution is -2.59. The quantitative estimate of drug-likeness (QED) is 0.239. The second-order valence-corrected chi connectivity index (χ2v) is 8.90. The Morgan fingerprint density at radius 2 is 1.86 bits per heavy atom. The molecule has 1 aliphatic heterocycles. The number of aliphatic hydroxyl groups is 1. The molecule has 0 spiro atoms. The lowest BCUT2D eigenvalue weighted by Gasteiger charge is -2.26. The van der Waals surface area contributed by atoms with Crippen molar-refractivity contribution in [3.63, 3.8) is 0 Å². The number of nitro benzene ring substituents is 1. The van der Waals surface area contributed by atoms with Crippen LogP contribution in [0.15, 0.2) is 18.2 Å². The molecule has 0 saturated heterocycles. The fourth-order valence-corrected chi connectivity index (χ4v) is 3.66. The third-order valence-corrected chi connectivity index (χ3v) is 5.50. The molecule has 0 aliphatic carbocycles. The molecule has 4 amide bonds. The molecular weight excluding hydrogens is 460 g/mol. The van der Waals surface area contributed by atoms with Crippen molar-refractivity contribution in [2.75, 3.05) is 11.9 Å². The number of fused-ring (bicyclic) bond motifs is 1. The number of nitro groups is 1. The summed E-state index contributed by atoms with van der Waals surface area (Å²) in [7, 11) is 0. The molecule has 13 heteroatoms. The summed E-state index contributed by atoms with van der Waals surface area (Å²) in [6.07, 6.45) is -0.649. The number of hydrogen-bond donors (Lipinski definition) is 6. The molecule has 0 fully saturated rings. The van der Waals surface area contributed by atoms with Gasteiger partial charge >= 0.3 is 0 Å². The van der Waals surface area contributed by atoms with Crippen LogP contribution in [0.1, 0.15) is 50.4 Å². The number of anilines is 1. The topological polar surface area (TPSA) is 206 Å². The minimum atomic E-state index is -1.41. The van der Waals surface area contributed by atoms with Crippen LogP contribution in [-0.4, -0.2) is 64.4 Å². The maximum atomic E-state index is 13.1. The number of rotatable bonds is 5. The Balaban J connectivity index is 2.50. The molecule has 0 aromatic heterocycles. The van der Waals surface area contributed by atoms with Crippen LogP contribution in [0.3, 0.4) is 0 Å². The molecule has 13 nitrogen and oxygen atoms in total. The molecule has 192 valence electrons. The van der Waals surface area contributed by atoms with E-state index in [4.69, 9.17) is 5.73 Å². The number of hydrogen-bond acceptors (Lipinski definition) is 8. The van der Waals surface area contributed by atoms with Gasteiger partial charge in [-0.3, -0.25) is 29.3 Å². The summed E-state index contributed by atoms with van der Waals surface area (Å²) in [6.45, 7) is 5.20. The summed E-state index contributed by atoms with van der Waals surface area (Å²) >= 11 is 0. The van der Waals surface area contributed by atoms with Gasteiger partial charge in [-0.2, -0.15) is 0 Å². The van der Waals surface area contributed by atoms with E-state index in [1.54, 1.807) is 0 Å². The van der Waals surface area contributed by atoms with Gasteiger partial charge < -0.3 is 32.1 Å².